The Morgan fingerprint density at radius 3 is 2.57 bits per heavy atom. The first kappa shape index (κ1) is 14.6. The second-order valence-corrected chi connectivity index (χ2v) is 4.88. The van der Waals surface area contributed by atoms with Crippen molar-refractivity contribution >= 4 is 28.4 Å². The number of hydrogen-bond donors (Lipinski definition) is 2. The highest BCUT2D eigenvalue weighted by Crippen LogP contribution is 2.18. The molecule has 6 heteroatoms. The number of nitrogens with zero attached hydrogens (tertiary/aromatic N) is 3. The second kappa shape index (κ2) is 6.65. The van der Waals surface area contributed by atoms with Gasteiger partial charge < -0.3 is 5.11 Å². The molecular weight excluding hydrogens is 292 g/mol. The minimum atomic E-state index is -1.07. The molecule has 114 valence electrons. The summed E-state index contributed by atoms with van der Waals surface area (Å²) in [6.45, 7) is 0. The van der Waals surface area contributed by atoms with Gasteiger partial charge in [-0.25, -0.2) is 14.8 Å². The summed E-state index contributed by atoms with van der Waals surface area (Å²) in [6.07, 6.45) is 1.64. The van der Waals surface area contributed by atoms with Gasteiger partial charge in [-0.3, -0.25) is 5.43 Å². The Morgan fingerprint density at radius 2 is 1.78 bits per heavy atom. The number of carboxylic acid groups (broad SMARTS) is 1. The van der Waals surface area contributed by atoms with Gasteiger partial charge in [0.2, 0.25) is 0 Å². The lowest BCUT2D eigenvalue weighted by Gasteiger charge is -2.06. The molecule has 0 fully saturated rings. The number of fused-ring (bicyclic) bond motifs is 1. The van der Waals surface area contributed by atoms with Crippen LogP contribution < -0.4 is 5.43 Å². The molecule has 23 heavy (non-hydrogen) atoms. The normalized spacial score (nSPS) is 11.4. The molecule has 0 aliphatic heterocycles. The Kier molecular flexibility index (Phi) is 4.24. The first-order valence-corrected chi connectivity index (χ1v) is 7.03. The van der Waals surface area contributed by atoms with Crippen molar-refractivity contribution in [1.29, 1.82) is 0 Å². The van der Waals surface area contributed by atoms with Gasteiger partial charge in [0.15, 0.2) is 5.82 Å². The largest absolute Gasteiger partial charge is 0.477 e. The molecule has 2 aromatic carbocycles. The SMILES string of the molecule is O=C(O)/C(Cc1ccccc1)=N\Nc1ncnc2ccccc12. The van der Waals surface area contributed by atoms with Crippen LogP contribution in [-0.2, 0) is 11.2 Å². The van der Waals surface area contributed by atoms with E-state index in [1.54, 1.807) is 0 Å². The number of nitrogens with one attached hydrogen (secondary N) is 1. The quantitative estimate of drug-likeness (QED) is 0.559. The summed E-state index contributed by atoms with van der Waals surface area (Å²) in [5, 5.41) is 14.1. The molecule has 3 rings (SSSR count). The molecule has 0 atom stereocenters. The smallest absolute Gasteiger partial charge is 0.352 e. The van der Waals surface area contributed by atoms with E-state index in [2.05, 4.69) is 20.5 Å². The van der Waals surface area contributed by atoms with Crippen LogP contribution in [0, 0.1) is 0 Å². The van der Waals surface area contributed by atoms with E-state index in [4.69, 9.17) is 0 Å². The zero-order valence-corrected chi connectivity index (χ0v) is 12.2. The van der Waals surface area contributed by atoms with E-state index in [0.29, 0.717) is 5.82 Å². The number of benzene rings is 2. The van der Waals surface area contributed by atoms with Gasteiger partial charge in [-0.1, -0.05) is 42.5 Å². The van der Waals surface area contributed by atoms with Crippen molar-refractivity contribution in [3.05, 3.63) is 66.5 Å². The highest BCUT2D eigenvalue weighted by atomic mass is 16.4. The van der Waals surface area contributed by atoms with Crippen LogP contribution in [0.5, 0.6) is 0 Å². The number of carbonyl (C=O) groups is 1. The van der Waals surface area contributed by atoms with E-state index in [1.807, 2.05) is 54.6 Å². The summed E-state index contributed by atoms with van der Waals surface area (Å²) in [4.78, 5) is 19.7. The minimum Gasteiger partial charge on any atom is -0.477 e. The summed E-state index contributed by atoms with van der Waals surface area (Å²) >= 11 is 0. The molecule has 6 nitrogen and oxygen atoms in total. The van der Waals surface area contributed by atoms with Gasteiger partial charge in [-0.15, -0.1) is 0 Å². The summed E-state index contributed by atoms with van der Waals surface area (Å²) in [6, 6.07) is 16.8. The maximum absolute atomic E-state index is 11.4. The van der Waals surface area contributed by atoms with E-state index in [-0.39, 0.29) is 12.1 Å². The molecule has 2 N–H and O–H groups in total. The third-order valence-corrected chi connectivity index (χ3v) is 3.30. The molecule has 0 aliphatic carbocycles. The number of para-hydroxylation sites is 1. The number of aliphatic carboxylic acids is 1. The van der Waals surface area contributed by atoms with Crippen molar-refractivity contribution in [3.63, 3.8) is 0 Å². The fraction of sp³-hybridized carbons (Fsp3) is 0.0588. The van der Waals surface area contributed by atoms with Crippen molar-refractivity contribution in [2.24, 2.45) is 5.10 Å². The molecule has 0 saturated heterocycles. The minimum absolute atomic E-state index is 0.0129. The highest BCUT2D eigenvalue weighted by molar-refractivity contribution is 6.36. The molecule has 0 radical (unpaired) electrons. The van der Waals surface area contributed by atoms with Gasteiger partial charge in [-0.2, -0.15) is 5.10 Å². The summed E-state index contributed by atoms with van der Waals surface area (Å²) in [7, 11) is 0. The van der Waals surface area contributed by atoms with Crippen LogP contribution >= 0.6 is 0 Å². The van der Waals surface area contributed by atoms with Crippen LogP contribution in [0.1, 0.15) is 5.56 Å². The van der Waals surface area contributed by atoms with Gasteiger partial charge in [0, 0.05) is 11.8 Å². The van der Waals surface area contributed by atoms with Crippen LogP contribution in [0.2, 0.25) is 0 Å². The molecular formula is C17H14N4O2. The third kappa shape index (κ3) is 3.49. The fourth-order valence-corrected chi connectivity index (χ4v) is 2.17. The number of anilines is 1. The zero-order valence-electron chi connectivity index (χ0n) is 12.2. The lowest BCUT2D eigenvalue weighted by atomic mass is 10.1. The molecule has 0 amide bonds. The van der Waals surface area contributed by atoms with E-state index >= 15 is 0 Å². The first-order valence-electron chi connectivity index (χ1n) is 7.03. The van der Waals surface area contributed by atoms with Gasteiger partial charge in [-0.05, 0) is 17.7 Å². The standard InChI is InChI=1S/C17H14N4O2/c22-17(23)15(10-12-6-2-1-3-7-12)20-21-16-13-8-4-5-9-14(13)18-11-19-16/h1-9,11H,10H2,(H,22,23)(H,18,19,21)/b20-15-. The van der Waals surface area contributed by atoms with Crippen LogP contribution in [-0.4, -0.2) is 26.8 Å². The van der Waals surface area contributed by atoms with E-state index in [9.17, 15) is 9.90 Å². The van der Waals surface area contributed by atoms with Crippen molar-refractivity contribution in [2.45, 2.75) is 6.42 Å². The predicted molar refractivity (Wildman–Crippen MR) is 88.4 cm³/mol. The van der Waals surface area contributed by atoms with E-state index in [0.717, 1.165) is 16.5 Å². The molecule has 3 aromatic rings. The summed E-state index contributed by atoms with van der Waals surface area (Å²) in [5.74, 6) is -0.595. The number of rotatable bonds is 5. The van der Waals surface area contributed by atoms with Crippen molar-refractivity contribution in [3.8, 4) is 0 Å². The Bertz CT molecular complexity index is 857. The average Bonchev–Trinajstić information content (AvgIpc) is 2.59. The first-order chi connectivity index (χ1) is 11.2. The third-order valence-electron chi connectivity index (χ3n) is 3.30. The van der Waals surface area contributed by atoms with Gasteiger partial charge in [0.25, 0.3) is 0 Å². The van der Waals surface area contributed by atoms with Crippen molar-refractivity contribution in [1.82, 2.24) is 9.97 Å². The van der Waals surface area contributed by atoms with Crippen LogP contribution in [0.25, 0.3) is 10.9 Å². The van der Waals surface area contributed by atoms with Crippen LogP contribution in [0.3, 0.4) is 0 Å². The molecule has 0 aliphatic rings. The number of hydrazone groups is 1. The maximum Gasteiger partial charge on any atom is 0.352 e. The topological polar surface area (TPSA) is 87.5 Å². The van der Waals surface area contributed by atoms with Gasteiger partial charge in [0.05, 0.1) is 5.52 Å². The number of hydrogen-bond acceptors (Lipinski definition) is 5. The summed E-state index contributed by atoms with van der Waals surface area (Å²) in [5.41, 5.74) is 4.40. The molecule has 1 aromatic heterocycles. The van der Waals surface area contributed by atoms with E-state index < -0.39 is 5.97 Å². The highest BCUT2D eigenvalue weighted by Gasteiger charge is 2.11. The predicted octanol–water partition coefficient (Wildman–Crippen LogP) is 2.73. The second-order valence-electron chi connectivity index (χ2n) is 4.88. The molecule has 0 unspecified atom stereocenters. The molecule has 0 saturated carbocycles. The molecule has 0 spiro atoms. The lowest BCUT2D eigenvalue weighted by molar-refractivity contribution is -0.129. The van der Waals surface area contributed by atoms with Gasteiger partial charge >= 0.3 is 5.97 Å². The fourth-order valence-electron chi connectivity index (χ4n) is 2.17. The van der Waals surface area contributed by atoms with Crippen molar-refractivity contribution < 1.29 is 9.90 Å². The Hall–Kier alpha value is -3.28. The Morgan fingerprint density at radius 1 is 1.04 bits per heavy atom. The van der Waals surface area contributed by atoms with Gasteiger partial charge in [0.1, 0.15) is 12.0 Å². The number of aromatic nitrogens is 2. The van der Waals surface area contributed by atoms with Crippen molar-refractivity contribution in [2.75, 3.05) is 5.43 Å². The zero-order chi connectivity index (χ0) is 16.1. The van der Waals surface area contributed by atoms with Crippen LogP contribution in [0.4, 0.5) is 5.82 Å². The Balaban J connectivity index is 1.87. The molecule has 1 heterocycles. The maximum atomic E-state index is 11.4. The average molecular weight is 306 g/mol. The van der Waals surface area contributed by atoms with E-state index in [1.165, 1.54) is 6.33 Å². The molecule has 0 bridgehead atoms. The monoisotopic (exact) mass is 306 g/mol. The Labute approximate surface area is 132 Å². The summed E-state index contributed by atoms with van der Waals surface area (Å²) < 4.78 is 0. The van der Waals surface area contributed by atoms with Crippen LogP contribution in [0.15, 0.2) is 66.0 Å². The number of carboxylic acids is 1. The lowest BCUT2D eigenvalue weighted by Crippen LogP contribution is -2.18.